The van der Waals surface area contributed by atoms with E-state index in [1.807, 2.05) is 11.9 Å². The summed E-state index contributed by atoms with van der Waals surface area (Å²) in [6.07, 6.45) is -3.22. The Hall–Kier alpha value is -1.23. The van der Waals surface area contributed by atoms with Gasteiger partial charge in [-0.3, -0.25) is 4.99 Å². The van der Waals surface area contributed by atoms with E-state index in [1.54, 1.807) is 0 Å². The molecule has 0 bridgehead atoms. The molecule has 0 heterocycles. The van der Waals surface area contributed by atoms with Gasteiger partial charge in [-0.25, -0.2) is 0 Å². The van der Waals surface area contributed by atoms with Crippen molar-refractivity contribution < 1.29 is 23.0 Å². The van der Waals surface area contributed by atoms with Gasteiger partial charge in [0, 0.05) is 13.1 Å². The van der Waals surface area contributed by atoms with Crippen molar-refractivity contribution in [2.45, 2.75) is 31.2 Å². The summed E-state index contributed by atoms with van der Waals surface area (Å²) in [6, 6.07) is 4.93. The summed E-state index contributed by atoms with van der Waals surface area (Å²) in [5.41, 5.74) is 4.99. The number of guanidine groups is 1. The average Bonchev–Trinajstić information content (AvgIpc) is 3.34. The van der Waals surface area contributed by atoms with Crippen LogP contribution in [0.4, 0.5) is 13.2 Å². The first-order chi connectivity index (χ1) is 10.8. The summed E-state index contributed by atoms with van der Waals surface area (Å²) in [7, 11) is 1.84. The summed E-state index contributed by atoms with van der Waals surface area (Å²) < 4.78 is 42.9. The highest BCUT2D eigenvalue weighted by molar-refractivity contribution is 14.0. The first-order valence-electron chi connectivity index (χ1n) is 7.28. The zero-order chi connectivity index (χ0) is 17.0. The van der Waals surface area contributed by atoms with Crippen LogP contribution < -0.4 is 10.5 Å². The third kappa shape index (κ3) is 6.34. The second-order valence-electron chi connectivity index (χ2n) is 5.53. The van der Waals surface area contributed by atoms with Gasteiger partial charge in [-0.2, -0.15) is 13.2 Å². The second-order valence-corrected chi connectivity index (χ2v) is 5.53. The van der Waals surface area contributed by atoms with Gasteiger partial charge in [0.15, 0.2) is 5.96 Å². The minimum atomic E-state index is -4.43. The summed E-state index contributed by atoms with van der Waals surface area (Å²) >= 11 is 0. The number of aliphatic hydroxyl groups excluding tert-OH is 1. The summed E-state index contributed by atoms with van der Waals surface area (Å²) in [4.78, 5) is 5.91. The number of nitrogens with two attached hydrogens (primary N) is 1. The van der Waals surface area contributed by atoms with E-state index >= 15 is 0 Å². The van der Waals surface area contributed by atoms with Gasteiger partial charge in [0.05, 0.1) is 12.1 Å². The Bertz CT molecular complexity index is 565. The summed E-state index contributed by atoms with van der Waals surface area (Å²) in [6.45, 7) is -0.132. The lowest BCUT2D eigenvalue weighted by Crippen LogP contribution is -2.36. The number of ether oxygens (including phenoxy) is 1. The fourth-order valence-corrected chi connectivity index (χ4v) is 1.97. The molecule has 1 unspecified atom stereocenters. The molecule has 1 aromatic rings. The van der Waals surface area contributed by atoms with E-state index in [0.29, 0.717) is 12.0 Å². The summed E-state index contributed by atoms with van der Waals surface area (Å²) in [5, 5.41) is 9.80. The molecular weight excluding hydrogens is 438 g/mol. The van der Waals surface area contributed by atoms with Crippen molar-refractivity contribution >= 4 is 29.9 Å². The molecule has 0 aromatic heterocycles. The Balaban J connectivity index is 0.00000288. The van der Waals surface area contributed by atoms with Gasteiger partial charge in [-0.1, -0.05) is 6.07 Å². The lowest BCUT2D eigenvalue weighted by atomic mass is 10.2. The molecule has 5 nitrogen and oxygen atoms in total. The maximum Gasteiger partial charge on any atom is 0.416 e. The van der Waals surface area contributed by atoms with Crippen molar-refractivity contribution in [2.24, 2.45) is 10.7 Å². The maximum absolute atomic E-state index is 12.6. The number of aliphatic hydroxyl groups is 1. The Labute approximate surface area is 155 Å². The van der Waals surface area contributed by atoms with Gasteiger partial charge in [-0.05, 0) is 31.0 Å². The van der Waals surface area contributed by atoms with Crippen molar-refractivity contribution in [2.75, 3.05) is 20.2 Å². The molecule has 0 aliphatic heterocycles. The topological polar surface area (TPSA) is 71.1 Å². The number of hydrogen-bond acceptors (Lipinski definition) is 3. The first kappa shape index (κ1) is 20.8. The number of alkyl halides is 3. The van der Waals surface area contributed by atoms with Gasteiger partial charge in [0.1, 0.15) is 18.5 Å². The van der Waals surface area contributed by atoms with Crippen molar-refractivity contribution in [3.63, 3.8) is 0 Å². The average molecular weight is 459 g/mol. The molecule has 1 aliphatic rings. The lowest BCUT2D eigenvalue weighted by molar-refractivity contribution is -0.137. The van der Waals surface area contributed by atoms with Crippen LogP contribution in [-0.4, -0.2) is 48.3 Å². The van der Waals surface area contributed by atoms with Crippen LogP contribution >= 0.6 is 24.0 Å². The van der Waals surface area contributed by atoms with E-state index in [9.17, 15) is 18.3 Å². The maximum atomic E-state index is 12.6. The first-order valence-corrected chi connectivity index (χ1v) is 7.28. The van der Waals surface area contributed by atoms with E-state index in [1.165, 1.54) is 12.1 Å². The van der Waals surface area contributed by atoms with E-state index in [-0.39, 0.29) is 42.9 Å². The largest absolute Gasteiger partial charge is 0.491 e. The van der Waals surface area contributed by atoms with Crippen molar-refractivity contribution in [3.05, 3.63) is 29.8 Å². The molecule has 1 fully saturated rings. The van der Waals surface area contributed by atoms with E-state index in [4.69, 9.17) is 10.5 Å². The van der Waals surface area contributed by atoms with Crippen LogP contribution in [0.5, 0.6) is 5.75 Å². The third-order valence-corrected chi connectivity index (χ3v) is 3.52. The smallest absolute Gasteiger partial charge is 0.416 e. The van der Waals surface area contributed by atoms with Gasteiger partial charge >= 0.3 is 6.18 Å². The molecule has 0 amide bonds. The van der Waals surface area contributed by atoms with E-state index in [2.05, 4.69) is 4.99 Å². The van der Waals surface area contributed by atoms with Crippen molar-refractivity contribution in [1.82, 2.24) is 4.90 Å². The minimum absolute atomic E-state index is 0. The molecule has 3 N–H and O–H groups in total. The summed E-state index contributed by atoms with van der Waals surface area (Å²) in [5.74, 6) is 0.386. The molecule has 2 rings (SSSR count). The predicted molar refractivity (Wildman–Crippen MR) is 95.6 cm³/mol. The number of nitrogens with zero attached hydrogens (tertiary/aromatic N) is 2. The minimum Gasteiger partial charge on any atom is -0.491 e. The Kier molecular flexibility index (Phi) is 7.58. The molecular formula is C15H21F3IN3O2. The van der Waals surface area contributed by atoms with Crippen molar-refractivity contribution in [3.8, 4) is 5.75 Å². The quantitative estimate of drug-likeness (QED) is 0.390. The Morgan fingerprint density at radius 1 is 1.46 bits per heavy atom. The van der Waals surface area contributed by atoms with Crippen LogP contribution in [0.25, 0.3) is 0 Å². The number of aliphatic imine (C=N–C) groups is 1. The molecule has 1 aromatic carbocycles. The Morgan fingerprint density at radius 3 is 2.71 bits per heavy atom. The fraction of sp³-hybridized carbons (Fsp3) is 0.533. The normalized spacial score (nSPS) is 16.3. The van der Waals surface area contributed by atoms with Gasteiger partial charge in [0.2, 0.25) is 0 Å². The van der Waals surface area contributed by atoms with Gasteiger partial charge in [-0.15, -0.1) is 24.0 Å². The number of benzene rings is 1. The van der Waals surface area contributed by atoms with Gasteiger partial charge in [0.25, 0.3) is 0 Å². The van der Waals surface area contributed by atoms with Gasteiger partial charge < -0.3 is 20.5 Å². The molecule has 9 heteroatoms. The molecule has 0 saturated heterocycles. The fourth-order valence-electron chi connectivity index (χ4n) is 1.97. The second kappa shape index (κ2) is 8.75. The number of halogens is 4. The SMILES string of the molecule is CN(C(N)=NCC(O)COc1cccc(C(F)(F)F)c1)C1CC1.I. The Morgan fingerprint density at radius 2 is 2.12 bits per heavy atom. The van der Waals surface area contributed by atoms with Crippen molar-refractivity contribution in [1.29, 1.82) is 0 Å². The number of rotatable bonds is 6. The molecule has 1 atom stereocenters. The molecule has 1 aliphatic carbocycles. The van der Waals surface area contributed by atoms with Crippen LogP contribution in [-0.2, 0) is 6.18 Å². The monoisotopic (exact) mass is 459 g/mol. The lowest BCUT2D eigenvalue weighted by Gasteiger charge is -2.18. The standard InChI is InChI=1S/C15H20F3N3O2.HI/c1-21(11-5-6-11)14(19)20-8-12(22)9-23-13-4-2-3-10(7-13)15(16,17)18;/h2-4,7,11-12,22H,5-6,8-9H2,1H3,(H2,19,20);1H. The molecule has 0 spiro atoms. The zero-order valence-electron chi connectivity index (χ0n) is 13.2. The zero-order valence-corrected chi connectivity index (χ0v) is 15.5. The van der Waals surface area contributed by atoms with Crippen LogP contribution in [0.15, 0.2) is 29.3 Å². The van der Waals surface area contributed by atoms with Crippen LogP contribution in [0.1, 0.15) is 18.4 Å². The number of hydrogen-bond donors (Lipinski definition) is 2. The molecule has 24 heavy (non-hydrogen) atoms. The van der Waals surface area contributed by atoms with E-state index < -0.39 is 17.8 Å². The molecule has 136 valence electrons. The van der Waals surface area contributed by atoms with Crippen LogP contribution in [0.3, 0.4) is 0 Å². The molecule has 1 saturated carbocycles. The third-order valence-electron chi connectivity index (χ3n) is 3.52. The van der Waals surface area contributed by atoms with Crippen LogP contribution in [0.2, 0.25) is 0 Å². The van der Waals surface area contributed by atoms with E-state index in [0.717, 1.165) is 25.0 Å². The highest BCUT2D eigenvalue weighted by Crippen LogP contribution is 2.31. The molecule has 0 radical (unpaired) electrons. The highest BCUT2D eigenvalue weighted by Gasteiger charge is 2.30. The highest BCUT2D eigenvalue weighted by atomic mass is 127. The predicted octanol–water partition coefficient (Wildman–Crippen LogP) is 2.47. The van der Waals surface area contributed by atoms with Crippen LogP contribution in [0, 0.1) is 0 Å².